The van der Waals surface area contributed by atoms with Gasteiger partial charge in [0.15, 0.2) is 0 Å². The standard InChI is InChI=1S/C20H16F3NO4/c21-20(22,23)15-5-3-9-24(19(15)26)11-18(25)27-12-7-8-17-14(10-12)13-4-1-2-6-16(13)28-17/h3,5,7-10H,1-2,4,6,11H2. The number of fused-ring (bicyclic) bond motifs is 3. The third-order valence-electron chi connectivity index (χ3n) is 4.78. The highest BCUT2D eigenvalue weighted by Gasteiger charge is 2.34. The van der Waals surface area contributed by atoms with Crippen LogP contribution in [0.2, 0.25) is 0 Å². The van der Waals surface area contributed by atoms with Gasteiger partial charge in [-0.25, -0.2) is 4.79 Å². The number of alkyl halides is 3. The summed E-state index contributed by atoms with van der Waals surface area (Å²) in [7, 11) is 0. The van der Waals surface area contributed by atoms with Crippen molar-refractivity contribution in [2.45, 2.75) is 38.4 Å². The Balaban J connectivity index is 1.55. The predicted octanol–water partition coefficient (Wildman–Crippen LogP) is 4.10. The summed E-state index contributed by atoms with van der Waals surface area (Å²) in [6, 6.07) is 6.70. The lowest BCUT2D eigenvalue weighted by atomic mass is 9.96. The lowest BCUT2D eigenvalue weighted by Gasteiger charge is -2.10. The van der Waals surface area contributed by atoms with Crippen molar-refractivity contribution in [3.63, 3.8) is 0 Å². The number of benzene rings is 1. The van der Waals surface area contributed by atoms with Gasteiger partial charge in [0.25, 0.3) is 5.56 Å². The number of aryl methyl sites for hydroxylation is 2. The van der Waals surface area contributed by atoms with E-state index in [2.05, 4.69) is 0 Å². The molecule has 0 saturated carbocycles. The molecule has 1 aliphatic rings. The molecule has 0 radical (unpaired) electrons. The molecule has 0 fully saturated rings. The van der Waals surface area contributed by atoms with E-state index in [1.165, 1.54) is 0 Å². The van der Waals surface area contributed by atoms with E-state index in [1.54, 1.807) is 18.2 Å². The molecule has 28 heavy (non-hydrogen) atoms. The molecule has 0 N–H and O–H groups in total. The monoisotopic (exact) mass is 391 g/mol. The van der Waals surface area contributed by atoms with E-state index >= 15 is 0 Å². The molecule has 0 atom stereocenters. The molecule has 1 aliphatic carbocycles. The number of pyridine rings is 1. The number of nitrogens with zero attached hydrogens (tertiary/aromatic N) is 1. The Bertz CT molecular complexity index is 1110. The van der Waals surface area contributed by atoms with Crippen molar-refractivity contribution in [2.75, 3.05) is 0 Å². The van der Waals surface area contributed by atoms with E-state index in [0.717, 1.165) is 54.7 Å². The van der Waals surface area contributed by atoms with Crippen molar-refractivity contribution < 1.29 is 27.1 Å². The second-order valence-corrected chi connectivity index (χ2v) is 6.70. The largest absolute Gasteiger partial charge is 0.461 e. The quantitative estimate of drug-likeness (QED) is 0.498. The normalized spacial score (nSPS) is 14.1. The molecule has 3 aromatic rings. The van der Waals surface area contributed by atoms with Crippen molar-refractivity contribution in [1.29, 1.82) is 0 Å². The maximum atomic E-state index is 12.8. The first-order valence-electron chi connectivity index (χ1n) is 8.84. The van der Waals surface area contributed by atoms with E-state index in [4.69, 9.17) is 9.15 Å². The summed E-state index contributed by atoms with van der Waals surface area (Å²) in [4.78, 5) is 24.1. The summed E-state index contributed by atoms with van der Waals surface area (Å²) in [6.45, 7) is -0.621. The number of rotatable bonds is 3. The van der Waals surface area contributed by atoms with E-state index < -0.39 is 29.8 Å². The van der Waals surface area contributed by atoms with Gasteiger partial charge in [-0.15, -0.1) is 0 Å². The zero-order valence-corrected chi connectivity index (χ0v) is 14.7. The molecule has 2 aromatic heterocycles. The van der Waals surface area contributed by atoms with E-state index in [9.17, 15) is 22.8 Å². The minimum atomic E-state index is -4.78. The Hall–Kier alpha value is -3.03. The van der Waals surface area contributed by atoms with Crippen molar-refractivity contribution in [3.05, 3.63) is 63.8 Å². The molecule has 0 aliphatic heterocycles. The van der Waals surface area contributed by atoms with Gasteiger partial charge >= 0.3 is 12.1 Å². The Morgan fingerprint density at radius 2 is 1.96 bits per heavy atom. The van der Waals surface area contributed by atoms with Gasteiger partial charge in [-0.05, 0) is 49.6 Å². The fourth-order valence-corrected chi connectivity index (χ4v) is 3.49. The summed E-state index contributed by atoms with van der Waals surface area (Å²) in [5, 5.41) is 0.872. The van der Waals surface area contributed by atoms with Gasteiger partial charge in [-0.1, -0.05) is 0 Å². The molecule has 0 spiro atoms. The first kappa shape index (κ1) is 18.3. The molecule has 5 nitrogen and oxygen atoms in total. The molecule has 0 saturated heterocycles. The Labute approximate surface area is 157 Å². The van der Waals surface area contributed by atoms with Gasteiger partial charge in [-0.2, -0.15) is 13.2 Å². The molecule has 2 heterocycles. The van der Waals surface area contributed by atoms with E-state index in [0.29, 0.717) is 16.2 Å². The van der Waals surface area contributed by atoms with Gasteiger partial charge in [0.2, 0.25) is 0 Å². The van der Waals surface area contributed by atoms with Gasteiger partial charge in [0.05, 0.1) is 0 Å². The zero-order chi connectivity index (χ0) is 19.9. The van der Waals surface area contributed by atoms with Crippen LogP contribution in [0, 0.1) is 0 Å². The number of esters is 1. The third-order valence-corrected chi connectivity index (χ3v) is 4.78. The summed E-state index contributed by atoms with van der Waals surface area (Å²) < 4.78 is 50.2. The summed E-state index contributed by atoms with van der Waals surface area (Å²) >= 11 is 0. The molecule has 1 aromatic carbocycles. The van der Waals surface area contributed by atoms with E-state index in [1.807, 2.05) is 0 Å². The highest BCUT2D eigenvalue weighted by Crippen LogP contribution is 2.34. The fourth-order valence-electron chi connectivity index (χ4n) is 3.49. The van der Waals surface area contributed by atoms with Crippen molar-refractivity contribution in [3.8, 4) is 5.75 Å². The maximum absolute atomic E-state index is 12.8. The van der Waals surface area contributed by atoms with Crippen LogP contribution in [0.5, 0.6) is 5.75 Å². The molecular formula is C20H16F3NO4. The van der Waals surface area contributed by atoms with Crippen LogP contribution in [0.1, 0.15) is 29.7 Å². The SMILES string of the molecule is O=C(Cn1cccc(C(F)(F)F)c1=O)Oc1ccc2oc3c(c2c1)CCCC3. The molecule has 0 unspecified atom stereocenters. The van der Waals surface area contributed by atoms with Crippen molar-refractivity contribution in [2.24, 2.45) is 0 Å². The summed E-state index contributed by atoms with van der Waals surface area (Å²) in [5.74, 6) is 0.366. The maximum Gasteiger partial charge on any atom is 0.421 e. The smallest absolute Gasteiger partial charge is 0.421 e. The van der Waals surface area contributed by atoms with Crippen LogP contribution in [0.25, 0.3) is 11.0 Å². The van der Waals surface area contributed by atoms with Gasteiger partial charge in [-0.3, -0.25) is 4.79 Å². The highest BCUT2D eigenvalue weighted by atomic mass is 19.4. The van der Waals surface area contributed by atoms with Crippen LogP contribution in [0.3, 0.4) is 0 Å². The molecule has 146 valence electrons. The lowest BCUT2D eigenvalue weighted by Crippen LogP contribution is -2.31. The van der Waals surface area contributed by atoms with Crippen LogP contribution in [0.15, 0.2) is 45.7 Å². The predicted molar refractivity (Wildman–Crippen MR) is 94.2 cm³/mol. The second-order valence-electron chi connectivity index (χ2n) is 6.70. The van der Waals surface area contributed by atoms with Gasteiger partial charge in [0, 0.05) is 23.6 Å². The number of aromatic nitrogens is 1. The Morgan fingerprint density at radius 3 is 2.75 bits per heavy atom. The Morgan fingerprint density at radius 1 is 1.18 bits per heavy atom. The Kier molecular flexibility index (Phi) is 4.49. The van der Waals surface area contributed by atoms with Gasteiger partial charge < -0.3 is 13.7 Å². The molecule has 4 rings (SSSR count). The summed E-state index contributed by atoms with van der Waals surface area (Å²) in [5.41, 5.74) is -0.797. The first-order valence-corrected chi connectivity index (χ1v) is 8.84. The second kappa shape index (κ2) is 6.85. The number of halogens is 3. The van der Waals surface area contributed by atoms with Crippen LogP contribution >= 0.6 is 0 Å². The van der Waals surface area contributed by atoms with Crippen molar-refractivity contribution >= 4 is 16.9 Å². The number of hydrogen-bond donors (Lipinski definition) is 0. The van der Waals surface area contributed by atoms with E-state index in [-0.39, 0.29) is 5.75 Å². The van der Waals surface area contributed by atoms with Crippen LogP contribution < -0.4 is 10.3 Å². The average Bonchev–Trinajstić information content (AvgIpc) is 3.00. The molecule has 0 amide bonds. The minimum absolute atomic E-state index is 0.256. The van der Waals surface area contributed by atoms with Crippen molar-refractivity contribution in [1.82, 2.24) is 4.57 Å². The van der Waals surface area contributed by atoms with Crippen LogP contribution in [-0.4, -0.2) is 10.5 Å². The van der Waals surface area contributed by atoms with Crippen LogP contribution in [0.4, 0.5) is 13.2 Å². The lowest BCUT2D eigenvalue weighted by molar-refractivity contribution is -0.140. The number of furan rings is 1. The third kappa shape index (κ3) is 3.42. The highest BCUT2D eigenvalue weighted by molar-refractivity contribution is 5.85. The average molecular weight is 391 g/mol. The van der Waals surface area contributed by atoms with Gasteiger partial charge in [0.1, 0.15) is 29.2 Å². The number of carbonyl (C=O) groups excluding carboxylic acids is 1. The topological polar surface area (TPSA) is 61.4 Å². The fraction of sp³-hybridized carbons (Fsp3) is 0.300. The number of carbonyl (C=O) groups is 1. The van der Waals surface area contributed by atoms with Crippen LogP contribution in [-0.2, 0) is 30.4 Å². The molecule has 0 bridgehead atoms. The number of ether oxygens (including phenoxy) is 1. The molecule has 8 heteroatoms. The first-order chi connectivity index (χ1) is 13.3. The molecular weight excluding hydrogens is 375 g/mol. The summed E-state index contributed by atoms with van der Waals surface area (Å²) in [6.07, 6.45) is 0.228. The number of hydrogen-bond acceptors (Lipinski definition) is 4. The zero-order valence-electron chi connectivity index (χ0n) is 14.7. The minimum Gasteiger partial charge on any atom is -0.461 e.